The van der Waals surface area contributed by atoms with Gasteiger partial charge in [-0.3, -0.25) is 4.98 Å². The van der Waals surface area contributed by atoms with Crippen molar-refractivity contribution in [3.05, 3.63) is 36.3 Å². The van der Waals surface area contributed by atoms with Crippen LogP contribution in [0.1, 0.15) is 45.2 Å². The van der Waals surface area contributed by atoms with Crippen LogP contribution in [0.5, 0.6) is 0 Å². The lowest BCUT2D eigenvalue weighted by atomic mass is 9.51. The minimum atomic E-state index is 0.324. The van der Waals surface area contributed by atoms with Crippen molar-refractivity contribution in [1.29, 1.82) is 0 Å². The first-order valence-corrected chi connectivity index (χ1v) is 9.41. The van der Waals surface area contributed by atoms with Gasteiger partial charge >= 0.3 is 0 Å². The molecule has 2 heterocycles. The highest BCUT2D eigenvalue weighted by Crippen LogP contribution is 2.58. The number of aromatic nitrogens is 3. The first-order chi connectivity index (χ1) is 12.2. The van der Waals surface area contributed by atoms with Crippen molar-refractivity contribution >= 4 is 5.82 Å². The Balaban J connectivity index is 1.57. The third kappa shape index (κ3) is 2.91. The predicted molar refractivity (Wildman–Crippen MR) is 98.4 cm³/mol. The van der Waals surface area contributed by atoms with Crippen LogP contribution in [0.4, 0.5) is 5.82 Å². The van der Waals surface area contributed by atoms with Crippen molar-refractivity contribution in [2.75, 3.05) is 11.9 Å². The summed E-state index contributed by atoms with van der Waals surface area (Å²) in [5.41, 5.74) is 2.39. The number of pyridine rings is 1. The molecule has 2 fully saturated rings. The molecule has 2 aromatic heterocycles. The van der Waals surface area contributed by atoms with E-state index < -0.39 is 0 Å². The van der Waals surface area contributed by atoms with Crippen LogP contribution in [-0.4, -0.2) is 33.7 Å². The van der Waals surface area contributed by atoms with E-state index in [1.54, 1.807) is 12.4 Å². The largest absolute Gasteiger partial charge is 0.378 e. The van der Waals surface area contributed by atoms with E-state index in [1.807, 2.05) is 12.1 Å². The van der Waals surface area contributed by atoms with Gasteiger partial charge in [0, 0.05) is 47.8 Å². The van der Waals surface area contributed by atoms with Crippen LogP contribution < -0.4 is 5.32 Å². The summed E-state index contributed by atoms with van der Waals surface area (Å²) in [6.45, 7) is 5.02. The lowest BCUT2D eigenvalue weighted by Crippen LogP contribution is -2.64. The highest BCUT2D eigenvalue weighted by Gasteiger charge is 2.59. The van der Waals surface area contributed by atoms with E-state index >= 15 is 0 Å². The van der Waals surface area contributed by atoms with E-state index in [9.17, 15) is 0 Å². The maximum absolute atomic E-state index is 5.96. The second-order valence-corrected chi connectivity index (χ2v) is 7.12. The molecule has 2 aliphatic rings. The molecule has 2 saturated carbocycles. The zero-order valence-electron chi connectivity index (χ0n) is 15.0. The van der Waals surface area contributed by atoms with Crippen LogP contribution in [0, 0.1) is 5.41 Å². The maximum atomic E-state index is 5.96. The van der Waals surface area contributed by atoms with Crippen LogP contribution >= 0.6 is 0 Å². The quantitative estimate of drug-likeness (QED) is 0.866. The molecule has 2 atom stereocenters. The molecule has 0 aromatic carbocycles. The highest BCUT2D eigenvalue weighted by atomic mass is 16.5. The minimum Gasteiger partial charge on any atom is -0.378 e. The lowest BCUT2D eigenvalue weighted by Gasteiger charge is -2.61. The average molecular weight is 338 g/mol. The van der Waals surface area contributed by atoms with Crippen LogP contribution in [0.25, 0.3) is 11.4 Å². The Hall–Kier alpha value is -2.01. The Morgan fingerprint density at radius 3 is 2.64 bits per heavy atom. The molecule has 2 aromatic rings. The smallest absolute Gasteiger partial charge is 0.161 e. The number of aryl methyl sites for hydroxylation is 1. The molecule has 1 spiro atoms. The summed E-state index contributed by atoms with van der Waals surface area (Å²) < 4.78 is 5.96. The Morgan fingerprint density at radius 1 is 1.20 bits per heavy atom. The van der Waals surface area contributed by atoms with Gasteiger partial charge in [0.25, 0.3) is 0 Å². The predicted octanol–water partition coefficient (Wildman–Crippen LogP) is 3.86. The highest BCUT2D eigenvalue weighted by molar-refractivity contribution is 5.57. The van der Waals surface area contributed by atoms with Gasteiger partial charge in [-0.05, 0) is 44.7 Å². The zero-order valence-corrected chi connectivity index (χ0v) is 15.0. The fraction of sp³-hybridized carbons (Fsp3) is 0.550. The van der Waals surface area contributed by atoms with Crippen LogP contribution in [-0.2, 0) is 11.2 Å². The van der Waals surface area contributed by atoms with E-state index in [0.29, 0.717) is 17.6 Å². The van der Waals surface area contributed by atoms with Crippen molar-refractivity contribution < 1.29 is 4.74 Å². The molecule has 25 heavy (non-hydrogen) atoms. The number of rotatable bonds is 6. The Bertz CT molecular complexity index is 730. The molecule has 0 aliphatic heterocycles. The molecule has 0 bridgehead atoms. The summed E-state index contributed by atoms with van der Waals surface area (Å²) >= 11 is 0. The molecular weight excluding hydrogens is 312 g/mol. The summed E-state index contributed by atoms with van der Waals surface area (Å²) in [4.78, 5) is 13.5. The molecule has 0 saturated heterocycles. The van der Waals surface area contributed by atoms with Crippen molar-refractivity contribution in [3.63, 3.8) is 0 Å². The molecule has 5 heteroatoms. The summed E-state index contributed by atoms with van der Waals surface area (Å²) in [5.74, 6) is 1.71. The SMILES string of the molecule is CCOC1CC(Nc2cc(CC)nc(-c3ccncc3)n2)C12CCC2. The molecule has 1 N–H and O–H groups in total. The van der Waals surface area contributed by atoms with E-state index in [-0.39, 0.29) is 0 Å². The van der Waals surface area contributed by atoms with Gasteiger partial charge in [0.05, 0.1) is 6.10 Å². The molecule has 0 amide bonds. The number of nitrogens with zero attached hydrogens (tertiary/aromatic N) is 3. The average Bonchev–Trinajstić information content (AvgIpc) is 2.60. The normalized spacial score (nSPS) is 23.8. The Morgan fingerprint density at radius 2 is 2.00 bits per heavy atom. The van der Waals surface area contributed by atoms with Crippen molar-refractivity contribution in [2.45, 2.75) is 58.1 Å². The molecule has 4 rings (SSSR count). The van der Waals surface area contributed by atoms with Crippen LogP contribution in [0.3, 0.4) is 0 Å². The van der Waals surface area contributed by atoms with E-state index in [4.69, 9.17) is 9.72 Å². The van der Waals surface area contributed by atoms with Gasteiger partial charge in [-0.25, -0.2) is 9.97 Å². The monoisotopic (exact) mass is 338 g/mol. The van der Waals surface area contributed by atoms with Gasteiger partial charge in [-0.15, -0.1) is 0 Å². The van der Waals surface area contributed by atoms with Gasteiger partial charge in [-0.2, -0.15) is 0 Å². The topological polar surface area (TPSA) is 59.9 Å². The fourth-order valence-electron chi connectivity index (χ4n) is 4.20. The van der Waals surface area contributed by atoms with Crippen LogP contribution in [0.2, 0.25) is 0 Å². The third-order valence-electron chi connectivity index (χ3n) is 5.84. The fourth-order valence-corrected chi connectivity index (χ4v) is 4.20. The second-order valence-electron chi connectivity index (χ2n) is 7.12. The zero-order chi connectivity index (χ0) is 17.3. The van der Waals surface area contributed by atoms with Gasteiger partial charge < -0.3 is 10.1 Å². The first-order valence-electron chi connectivity index (χ1n) is 9.41. The molecule has 5 nitrogen and oxygen atoms in total. The van der Waals surface area contributed by atoms with E-state index in [1.165, 1.54) is 19.3 Å². The van der Waals surface area contributed by atoms with Gasteiger partial charge in [0.15, 0.2) is 5.82 Å². The number of ether oxygens (including phenoxy) is 1. The Labute approximate surface area is 149 Å². The maximum Gasteiger partial charge on any atom is 0.161 e. The summed E-state index contributed by atoms with van der Waals surface area (Å²) in [5, 5.41) is 3.70. The third-order valence-corrected chi connectivity index (χ3v) is 5.84. The minimum absolute atomic E-state index is 0.324. The van der Waals surface area contributed by atoms with Crippen molar-refractivity contribution in [3.8, 4) is 11.4 Å². The standard InChI is InChI=1S/C20H26N4O/c1-3-15-12-18(24-19(22-15)14-6-10-21-11-7-14)23-16-13-17(25-4-2)20(16)8-5-9-20/h6-7,10-12,16-17H,3-5,8-9,13H2,1-2H3,(H,22,23,24). The lowest BCUT2D eigenvalue weighted by molar-refractivity contribution is -0.157. The van der Waals surface area contributed by atoms with E-state index in [0.717, 1.165) is 42.3 Å². The summed E-state index contributed by atoms with van der Waals surface area (Å²) in [6.07, 6.45) is 9.79. The molecular formula is C20H26N4O. The number of nitrogens with one attached hydrogen (secondary N) is 1. The second kappa shape index (κ2) is 6.71. The molecule has 2 unspecified atom stereocenters. The molecule has 0 radical (unpaired) electrons. The number of hydrogen-bond donors (Lipinski definition) is 1. The summed E-state index contributed by atoms with van der Waals surface area (Å²) in [7, 11) is 0. The number of anilines is 1. The van der Waals surface area contributed by atoms with Crippen molar-refractivity contribution in [2.24, 2.45) is 5.41 Å². The molecule has 132 valence electrons. The summed E-state index contributed by atoms with van der Waals surface area (Å²) in [6, 6.07) is 6.47. The van der Waals surface area contributed by atoms with Crippen LogP contribution in [0.15, 0.2) is 30.6 Å². The Kier molecular flexibility index (Phi) is 4.42. The van der Waals surface area contributed by atoms with E-state index in [2.05, 4.69) is 35.2 Å². The van der Waals surface area contributed by atoms with Gasteiger partial charge in [0.2, 0.25) is 0 Å². The molecule has 2 aliphatic carbocycles. The first kappa shape index (κ1) is 16.5. The van der Waals surface area contributed by atoms with Gasteiger partial charge in [-0.1, -0.05) is 13.3 Å². The van der Waals surface area contributed by atoms with Crippen molar-refractivity contribution in [1.82, 2.24) is 15.0 Å². The van der Waals surface area contributed by atoms with Gasteiger partial charge in [0.1, 0.15) is 5.82 Å². The number of hydrogen-bond acceptors (Lipinski definition) is 5.